The summed E-state index contributed by atoms with van der Waals surface area (Å²) in [5.41, 5.74) is 1.15. The second kappa shape index (κ2) is 8.48. The van der Waals surface area contributed by atoms with Gasteiger partial charge in [0.1, 0.15) is 0 Å². The minimum atomic E-state index is -0.715. The Balaban J connectivity index is 2.29. The largest absolute Gasteiger partial charge is 0.481 e. The maximum atomic E-state index is 11.1. The summed E-state index contributed by atoms with van der Waals surface area (Å²) >= 11 is 0. The average molecular weight is 261 g/mol. The molecule has 3 heteroatoms. The summed E-state index contributed by atoms with van der Waals surface area (Å²) < 4.78 is 0. The molecular weight excluding hydrogens is 238 g/mol. The highest BCUT2D eigenvalue weighted by atomic mass is 16.4. The van der Waals surface area contributed by atoms with Gasteiger partial charge in [-0.25, -0.2) is 0 Å². The molecule has 0 aliphatic carbocycles. The molecule has 0 amide bonds. The van der Waals surface area contributed by atoms with E-state index in [1.54, 1.807) is 0 Å². The monoisotopic (exact) mass is 261 g/mol. The molecule has 0 spiro atoms. The maximum Gasteiger partial charge on any atom is 0.307 e. The minimum absolute atomic E-state index is 0.301. The quantitative estimate of drug-likeness (QED) is 0.707. The molecular formula is C16H23NO2. The van der Waals surface area contributed by atoms with E-state index in [-0.39, 0.29) is 5.92 Å². The number of hydrogen-bond donors (Lipinski definition) is 2. The molecule has 2 N–H and O–H groups in total. The normalized spacial score (nSPS) is 13.0. The van der Waals surface area contributed by atoms with E-state index in [4.69, 9.17) is 5.11 Å². The SMILES string of the molecule is CC(C)CC(CNC/C=C/c1ccccc1)C(=O)O. The summed E-state index contributed by atoms with van der Waals surface area (Å²) in [6.45, 7) is 5.31. The molecule has 0 bridgehead atoms. The van der Waals surface area contributed by atoms with E-state index in [2.05, 4.69) is 5.32 Å². The molecule has 0 aromatic heterocycles. The van der Waals surface area contributed by atoms with Crippen molar-refractivity contribution in [3.8, 4) is 0 Å². The summed E-state index contributed by atoms with van der Waals surface area (Å²) in [4.78, 5) is 11.1. The number of benzene rings is 1. The van der Waals surface area contributed by atoms with Crippen molar-refractivity contribution in [1.29, 1.82) is 0 Å². The van der Waals surface area contributed by atoms with Crippen LogP contribution in [0.25, 0.3) is 6.08 Å². The number of carboxylic acid groups (broad SMARTS) is 1. The highest BCUT2D eigenvalue weighted by Crippen LogP contribution is 2.10. The second-order valence-electron chi connectivity index (χ2n) is 5.14. The zero-order valence-corrected chi connectivity index (χ0v) is 11.7. The van der Waals surface area contributed by atoms with E-state index < -0.39 is 5.97 Å². The Morgan fingerprint density at radius 3 is 2.58 bits per heavy atom. The molecule has 0 saturated carbocycles. The smallest absolute Gasteiger partial charge is 0.307 e. The van der Waals surface area contributed by atoms with Crippen molar-refractivity contribution in [3.05, 3.63) is 42.0 Å². The van der Waals surface area contributed by atoms with Gasteiger partial charge in [-0.15, -0.1) is 0 Å². The van der Waals surface area contributed by atoms with Gasteiger partial charge in [-0.05, 0) is 17.9 Å². The molecule has 3 nitrogen and oxygen atoms in total. The molecule has 1 unspecified atom stereocenters. The standard InChI is InChI=1S/C16H23NO2/c1-13(2)11-15(16(18)19)12-17-10-6-9-14-7-4-3-5-8-14/h3-9,13,15,17H,10-12H2,1-2H3,(H,18,19)/b9-6+. The van der Waals surface area contributed by atoms with Crippen LogP contribution in [0.4, 0.5) is 0 Å². The molecule has 19 heavy (non-hydrogen) atoms. The van der Waals surface area contributed by atoms with Crippen molar-refractivity contribution in [2.45, 2.75) is 20.3 Å². The number of rotatable bonds is 8. The van der Waals surface area contributed by atoms with Crippen molar-refractivity contribution in [1.82, 2.24) is 5.32 Å². The van der Waals surface area contributed by atoms with Crippen LogP contribution in [0.2, 0.25) is 0 Å². The van der Waals surface area contributed by atoms with Crippen LogP contribution in [0.1, 0.15) is 25.8 Å². The van der Waals surface area contributed by atoms with Crippen LogP contribution in [0, 0.1) is 11.8 Å². The van der Waals surface area contributed by atoms with Crippen LogP contribution >= 0.6 is 0 Å². The first-order valence-electron chi connectivity index (χ1n) is 6.74. The molecule has 0 aliphatic heterocycles. The van der Waals surface area contributed by atoms with Crippen molar-refractivity contribution < 1.29 is 9.90 Å². The molecule has 0 fully saturated rings. The lowest BCUT2D eigenvalue weighted by Crippen LogP contribution is -2.29. The van der Waals surface area contributed by atoms with Crippen LogP contribution in [0.15, 0.2) is 36.4 Å². The number of aliphatic carboxylic acids is 1. The van der Waals surface area contributed by atoms with Crippen LogP contribution in [-0.4, -0.2) is 24.2 Å². The zero-order chi connectivity index (χ0) is 14.1. The predicted octanol–water partition coefficient (Wildman–Crippen LogP) is 3.04. The maximum absolute atomic E-state index is 11.1. The highest BCUT2D eigenvalue weighted by Gasteiger charge is 2.17. The average Bonchev–Trinajstić information content (AvgIpc) is 2.37. The van der Waals surface area contributed by atoms with Gasteiger partial charge in [-0.3, -0.25) is 4.79 Å². The lowest BCUT2D eigenvalue weighted by Gasteiger charge is -2.14. The van der Waals surface area contributed by atoms with E-state index in [0.717, 1.165) is 5.56 Å². The van der Waals surface area contributed by atoms with Crippen LogP contribution in [0.3, 0.4) is 0 Å². The zero-order valence-electron chi connectivity index (χ0n) is 11.7. The first-order chi connectivity index (χ1) is 9.09. The van der Waals surface area contributed by atoms with Gasteiger partial charge in [0.15, 0.2) is 0 Å². The van der Waals surface area contributed by atoms with Crippen LogP contribution < -0.4 is 5.32 Å². The van der Waals surface area contributed by atoms with Gasteiger partial charge in [0.05, 0.1) is 5.92 Å². The summed E-state index contributed by atoms with van der Waals surface area (Å²) in [6, 6.07) is 10.1. The van der Waals surface area contributed by atoms with E-state index in [1.165, 1.54) is 0 Å². The molecule has 0 aliphatic rings. The third-order valence-corrected chi connectivity index (χ3v) is 2.87. The third-order valence-electron chi connectivity index (χ3n) is 2.87. The fourth-order valence-electron chi connectivity index (χ4n) is 1.94. The Bertz CT molecular complexity index is 398. The van der Waals surface area contributed by atoms with Gasteiger partial charge in [-0.2, -0.15) is 0 Å². The topological polar surface area (TPSA) is 49.3 Å². The number of hydrogen-bond acceptors (Lipinski definition) is 2. The first-order valence-corrected chi connectivity index (χ1v) is 6.74. The Labute approximate surface area is 115 Å². The molecule has 0 saturated heterocycles. The summed E-state index contributed by atoms with van der Waals surface area (Å²) in [5, 5.41) is 12.3. The first kappa shape index (κ1) is 15.4. The Morgan fingerprint density at radius 1 is 1.32 bits per heavy atom. The molecule has 1 aromatic rings. The van der Waals surface area contributed by atoms with Gasteiger partial charge in [-0.1, -0.05) is 56.3 Å². The van der Waals surface area contributed by atoms with Crippen molar-refractivity contribution in [3.63, 3.8) is 0 Å². The van der Waals surface area contributed by atoms with E-state index in [0.29, 0.717) is 25.4 Å². The number of nitrogens with one attached hydrogen (secondary N) is 1. The summed E-state index contributed by atoms with van der Waals surface area (Å²) in [7, 11) is 0. The lowest BCUT2D eigenvalue weighted by molar-refractivity contribution is -0.142. The van der Waals surface area contributed by atoms with Gasteiger partial charge in [0, 0.05) is 13.1 Å². The van der Waals surface area contributed by atoms with E-state index >= 15 is 0 Å². The summed E-state index contributed by atoms with van der Waals surface area (Å²) in [6.07, 6.45) is 4.76. The molecule has 1 aromatic carbocycles. The number of carbonyl (C=O) groups is 1. The molecule has 0 heterocycles. The van der Waals surface area contributed by atoms with Crippen LogP contribution in [-0.2, 0) is 4.79 Å². The van der Waals surface area contributed by atoms with E-state index in [9.17, 15) is 4.79 Å². The van der Waals surface area contributed by atoms with Gasteiger partial charge in [0.25, 0.3) is 0 Å². The Morgan fingerprint density at radius 2 is 2.00 bits per heavy atom. The van der Waals surface area contributed by atoms with Crippen LogP contribution in [0.5, 0.6) is 0 Å². The molecule has 0 radical (unpaired) electrons. The van der Waals surface area contributed by atoms with Crippen molar-refractivity contribution in [2.75, 3.05) is 13.1 Å². The molecule has 1 atom stereocenters. The third kappa shape index (κ3) is 6.77. The highest BCUT2D eigenvalue weighted by molar-refractivity contribution is 5.70. The van der Waals surface area contributed by atoms with Gasteiger partial charge < -0.3 is 10.4 Å². The lowest BCUT2D eigenvalue weighted by atomic mass is 9.97. The molecule has 104 valence electrons. The molecule has 1 rings (SSSR count). The van der Waals surface area contributed by atoms with Crippen molar-refractivity contribution >= 4 is 12.0 Å². The second-order valence-corrected chi connectivity index (χ2v) is 5.14. The number of carboxylic acids is 1. The van der Waals surface area contributed by atoms with Crippen molar-refractivity contribution in [2.24, 2.45) is 11.8 Å². The predicted molar refractivity (Wildman–Crippen MR) is 78.9 cm³/mol. The Hall–Kier alpha value is -1.61. The fourth-order valence-corrected chi connectivity index (χ4v) is 1.94. The minimum Gasteiger partial charge on any atom is -0.481 e. The Kier molecular flexibility index (Phi) is 6.90. The van der Waals surface area contributed by atoms with E-state index in [1.807, 2.05) is 56.3 Å². The fraction of sp³-hybridized carbons (Fsp3) is 0.438. The summed E-state index contributed by atoms with van der Waals surface area (Å²) in [5.74, 6) is -0.610. The van der Waals surface area contributed by atoms with Gasteiger partial charge >= 0.3 is 5.97 Å². The van der Waals surface area contributed by atoms with Gasteiger partial charge in [0.2, 0.25) is 0 Å².